The van der Waals surface area contributed by atoms with Crippen LogP contribution in [0.25, 0.3) is 0 Å². The minimum Gasteiger partial charge on any atom is -0.390 e. The maximum Gasteiger partial charge on any atom is 0.239 e. The van der Waals surface area contributed by atoms with Gasteiger partial charge in [0.25, 0.3) is 0 Å². The lowest BCUT2D eigenvalue weighted by Gasteiger charge is -2.36. The van der Waals surface area contributed by atoms with Crippen LogP contribution in [0.2, 0.25) is 5.02 Å². The van der Waals surface area contributed by atoms with Gasteiger partial charge >= 0.3 is 0 Å². The molecule has 6 nitrogen and oxygen atoms in total. The van der Waals surface area contributed by atoms with Crippen LogP contribution < -0.4 is 16.2 Å². The largest absolute Gasteiger partial charge is 0.390 e. The van der Waals surface area contributed by atoms with Crippen molar-refractivity contribution in [3.63, 3.8) is 0 Å². The Morgan fingerprint density at radius 2 is 2.18 bits per heavy atom. The predicted octanol–water partition coefficient (Wildman–Crippen LogP) is 0.767. The molecule has 0 spiro atoms. The van der Waals surface area contributed by atoms with E-state index in [9.17, 15) is 5.11 Å². The number of aromatic nitrogens is 2. The third-order valence-electron chi connectivity index (χ3n) is 2.99. The van der Waals surface area contributed by atoms with Gasteiger partial charge in [-0.05, 0) is 19.8 Å². The van der Waals surface area contributed by atoms with Gasteiger partial charge in [0.2, 0.25) is 5.95 Å². The molecule has 0 aliphatic carbocycles. The maximum atomic E-state index is 9.88. The highest BCUT2D eigenvalue weighted by Gasteiger charge is 2.28. The smallest absolute Gasteiger partial charge is 0.239 e. The van der Waals surface area contributed by atoms with Crippen LogP contribution in [0.4, 0.5) is 11.8 Å². The van der Waals surface area contributed by atoms with Crippen LogP contribution in [-0.2, 0) is 0 Å². The summed E-state index contributed by atoms with van der Waals surface area (Å²) in [5.41, 5.74) is 1.80. The molecule has 4 N–H and O–H groups in total. The fourth-order valence-electron chi connectivity index (χ4n) is 1.85. The van der Waals surface area contributed by atoms with Crippen LogP contribution in [-0.4, -0.2) is 33.8 Å². The SMILES string of the molecule is CC1(O)CCN(c2nc(NN)ncc2Cl)CC1. The minimum atomic E-state index is -0.592. The number of hydrazine groups is 1. The van der Waals surface area contributed by atoms with E-state index in [4.69, 9.17) is 17.4 Å². The molecule has 0 saturated carbocycles. The Bertz CT molecular complexity index is 402. The molecule has 2 heterocycles. The zero-order chi connectivity index (χ0) is 12.5. The summed E-state index contributed by atoms with van der Waals surface area (Å²) in [5, 5.41) is 10.4. The van der Waals surface area contributed by atoms with Crippen molar-refractivity contribution in [3.05, 3.63) is 11.2 Å². The molecule has 0 bridgehead atoms. The predicted molar refractivity (Wildman–Crippen MR) is 66.9 cm³/mol. The number of anilines is 2. The Kier molecular flexibility index (Phi) is 3.37. The molecule has 94 valence electrons. The summed E-state index contributed by atoms with van der Waals surface area (Å²) >= 11 is 6.06. The summed E-state index contributed by atoms with van der Waals surface area (Å²) in [6, 6.07) is 0. The van der Waals surface area contributed by atoms with E-state index in [0.29, 0.717) is 42.7 Å². The number of hydrogen-bond acceptors (Lipinski definition) is 6. The molecule has 0 radical (unpaired) electrons. The van der Waals surface area contributed by atoms with Crippen molar-refractivity contribution in [1.29, 1.82) is 0 Å². The number of nitrogens with two attached hydrogens (primary N) is 1. The van der Waals surface area contributed by atoms with Gasteiger partial charge in [0, 0.05) is 13.1 Å². The molecule has 7 heteroatoms. The van der Waals surface area contributed by atoms with Crippen molar-refractivity contribution in [3.8, 4) is 0 Å². The number of hydrogen-bond donors (Lipinski definition) is 3. The number of halogens is 1. The summed E-state index contributed by atoms with van der Waals surface area (Å²) in [6.07, 6.45) is 2.91. The van der Waals surface area contributed by atoms with E-state index >= 15 is 0 Å². The van der Waals surface area contributed by atoms with E-state index < -0.39 is 5.60 Å². The van der Waals surface area contributed by atoms with Gasteiger partial charge in [-0.1, -0.05) is 11.6 Å². The molecule has 0 unspecified atom stereocenters. The highest BCUT2D eigenvalue weighted by molar-refractivity contribution is 6.32. The number of rotatable bonds is 2. The monoisotopic (exact) mass is 257 g/mol. The van der Waals surface area contributed by atoms with Crippen molar-refractivity contribution >= 4 is 23.4 Å². The van der Waals surface area contributed by atoms with Crippen LogP contribution in [0.1, 0.15) is 19.8 Å². The molecule has 17 heavy (non-hydrogen) atoms. The number of nitrogen functional groups attached to an aromatic ring is 1. The molecule has 2 rings (SSSR count). The number of aliphatic hydroxyl groups is 1. The molecule has 0 aromatic carbocycles. The van der Waals surface area contributed by atoms with E-state index in [0.717, 1.165) is 0 Å². The second-order valence-electron chi connectivity index (χ2n) is 4.49. The van der Waals surface area contributed by atoms with Gasteiger partial charge in [-0.3, -0.25) is 5.43 Å². The number of nitrogens with zero attached hydrogens (tertiary/aromatic N) is 3. The van der Waals surface area contributed by atoms with E-state index in [-0.39, 0.29) is 0 Å². The quantitative estimate of drug-likeness (QED) is 0.536. The lowest BCUT2D eigenvalue weighted by atomic mass is 9.94. The minimum absolute atomic E-state index is 0.335. The molecule has 1 aliphatic heterocycles. The van der Waals surface area contributed by atoms with Gasteiger partial charge in [-0.25, -0.2) is 10.8 Å². The van der Waals surface area contributed by atoms with Gasteiger partial charge in [-0.15, -0.1) is 0 Å². The molecule has 1 aromatic heterocycles. The van der Waals surface area contributed by atoms with Crippen LogP contribution in [0.3, 0.4) is 0 Å². The average Bonchev–Trinajstić information content (AvgIpc) is 2.30. The van der Waals surface area contributed by atoms with Gasteiger partial charge in [0.1, 0.15) is 5.02 Å². The zero-order valence-corrected chi connectivity index (χ0v) is 10.4. The molecule has 1 aromatic rings. The third-order valence-corrected chi connectivity index (χ3v) is 3.26. The van der Waals surface area contributed by atoms with Crippen molar-refractivity contribution in [2.45, 2.75) is 25.4 Å². The molecule has 1 saturated heterocycles. The molecule has 1 fully saturated rings. The summed E-state index contributed by atoms with van der Waals surface area (Å²) in [6.45, 7) is 3.28. The van der Waals surface area contributed by atoms with Crippen LogP contribution >= 0.6 is 11.6 Å². The van der Waals surface area contributed by atoms with Crippen molar-refractivity contribution in [1.82, 2.24) is 9.97 Å². The molecular weight excluding hydrogens is 242 g/mol. The topological polar surface area (TPSA) is 87.3 Å². The first-order valence-corrected chi connectivity index (χ1v) is 5.86. The third kappa shape index (κ3) is 2.77. The Morgan fingerprint density at radius 1 is 1.53 bits per heavy atom. The fourth-order valence-corrected chi connectivity index (χ4v) is 2.06. The number of piperidine rings is 1. The highest BCUT2D eigenvalue weighted by atomic mass is 35.5. The van der Waals surface area contributed by atoms with Crippen LogP contribution in [0.15, 0.2) is 6.20 Å². The van der Waals surface area contributed by atoms with E-state index in [1.54, 1.807) is 0 Å². The van der Waals surface area contributed by atoms with E-state index in [1.807, 2.05) is 11.8 Å². The second-order valence-corrected chi connectivity index (χ2v) is 4.90. The van der Waals surface area contributed by atoms with Gasteiger partial charge < -0.3 is 10.0 Å². The van der Waals surface area contributed by atoms with Gasteiger partial charge in [-0.2, -0.15) is 4.98 Å². The first kappa shape index (κ1) is 12.3. The maximum absolute atomic E-state index is 9.88. The molecule has 1 aliphatic rings. The van der Waals surface area contributed by atoms with Gasteiger partial charge in [0.15, 0.2) is 5.82 Å². The first-order valence-electron chi connectivity index (χ1n) is 5.48. The Hall–Kier alpha value is -1.11. The molecular formula is C10H16ClN5O. The zero-order valence-electron chi connectivity index (χ0n) is 9.65. The standard InChI is InChI=1S/C10H16ClN5O/c1-10(17)2-4-16(5-3-10)8-7(11)6-13-9(14-8)15-12/h6,17H,2-5,12H2,1H3,(H,13,14,15). The lowest BCUT2D eigenvalue weighted by Crippen LogP contribution is -2.43. The Labute approximate surface area is 105 Å². The van der Waals surface area contributed by atoms with Crippen LogP contribution in [0, 0.1) is 0 Å². The normalized spacial score (nSPS) is 19.2. The highest BCUT2D eigenvalue weighted by Crippen LogP contribution is 2.29. The van der Waals surface area contributed by atoms with Crippen molar-refractivity contribution in [2.24, 2.45) is 5.84 Å². The van der Waals surface area contributed by atoms with Gasteiger partial charge in [0.05, 0.1) is 11.8 Å². The molecule has 0 atom stereocenters. The second kappa shape index (κ2) is 4.64. The summed E-state index contributed by atoms with van der Waals surface area (Å²) < 4.78 is 0. The fraction of sp³-hybridized carbons (Fsp3) is 0.600. The van der Waals surface area contributed by atoms with Crippen LogP contribution in [0.5, 0.6) is 0 Å². The first-order chi connectivity index (χ1) is 8.02. The summed E-state index contributed by atoms with van der Waals surface area (Å²) in [4.78, 5) is 10.2. The van der Waals surface area contributed by atoms with Crippen molar-refractivity contribution < 1.29 is 5.11 Å². The number of nitrogens with one attached hydrogen (secondary N) is 1. The summed E-state index contributed by atoms with van der Waals surface area (Å²) in [5.74, 6) is 6.26. The summed E-state index contributed by atoms with van der Waals surface area (Å²) in [7, 11) is 0. The lowest BCUT2D eigenvalue weighted by molar-refractivity contribution is 0.0350. The molecule has 0 amide bonds. The van der Waals surface area contributed by atoms with E-state index in [1.165, 1.54) is 6.20 Å². The Balaban J connectivity index is 2.17. The Morgan fingerprint density at radius 3 is 2.76 bits per heavy atom. The average molecular weight is 258 g/mol. The van der Waals surface area contributed by atoms with Crippen molar-refractivity contribution in [2.75, 3.05) is 23.4 Å². The van der Waals surface area contributed by atoms with E-state index in [2.05, 4.69) is 15.4 Å².